The summed E-state index contributed by atoms with van der Waals surface area (Å²) in [5.74, 6) is 1.60. The molecule has 0 saturated carbocycles. The first-order valence-electron chi connectivity index (χ1n) is 9.91. The summed E-state index contributed by atoms with van der Waals surface area (Å²) in [5.41, 5.74) is 2.41. The molecule has 0 aliphatic carbocycles. The molecule has 1 atom stereocenters. The molecule has 2 heterocycles. The minimum absolute atomic E-state index is 0.0885. The van der Waals surface area contributed by atoms with Gasteiger partial charge in [0.05, 0.1) is 0 Å². The van der Waals surface area contributed by atoms with E-state index in [0.29, 0.717) is 6.54 Å². The Morgan fingerprint density at radius 1 is 1.12 bits per heavy atom. The highest BCUT2D eigenvalue weighted by molar-refractivity contribution is 5.74. The Bertz CT molecular complexity index is 549. The van der Waals surface area contributed by atoms with Crippen molar-refractivity contribution in [3.8, 4) is 0 Å². The van der Waals surface area contributed by atoms with Gasteiger partial charge in [-0.05, 0) is 56.6 Å². The molecule has 0 radical (unpaired) electrons. The van der Waals surface area contributed by atoms with Crippen LogP contribution in [-0.2, 0) is 6.54 Å². The van der Waals surface area contributed by atoms with E-state index in [2.05, 4.69) is 48.3 Å². The second kappa shape index (κ2) is 8.70. The van der Waals surface area contributed by atoms with Crippen molar-refractivity contribution < 1.29 is 4.79 Å². The lowest BCUT2D eigenvalue weighted by molar-refractivity contribution is 0.122. The summed E-state index contributed by atoms with van der Waals surface area (Å²) in [6, 6.07) is 8.44. The summed E-state index contributed by atoms with van der Waals surface area (Å²) in [6.45, 7) is 10.6. The van der Waals surface area contributed by atoms with Crippen LogP contribution in [0.3, 0.4) is 0 Å². The highest BCUT2D eigenvalue weighted by Crippen LogP contribution is 2.22. The van der Waals surface area contributed by atoms with Crippen LogP contribution < -0.4 is 5.32 Å². The summed E-state index contributed by atoms with van der Waals surface area (Å²) < 4.78 is 0. The van der Waals surface area contributed by atoms with Gasteiger partial charge in [-0.2, -0.15) is 0 Å². The van der Waals surface area contributed by atoms with Gasteiger partial charge in [0.15, 0.2) is 0 Å². The third kappa shape index (κ3) is 5.46. The van der Waals surface area contributed by atoms with Crippen LogP contribution in [0.15, 0.2) is 24.3 Å². The van der Waals surface area contributed by atoms with E-state index in [1.807, 2.05) is 4.90 Å². The van der Waals surface area contributed by atoms with Gasteiger partial charge in [0, 0.05) is 32.7 Å². The van der Waals surface area contributed by atoms with Gasteiger partial charge in [0.25, 0.3) is 0 Å². The van der Waals surface area contributed by atoms with E-state index in [4.69, 9.17) is 0 Å². The smallest absolute Gasteiger partial charge is 0.317 e. The zero-order chi connectivity index (χ0) is 17.6. The van der Waals surface area contributed by atoms with E-state index >= 15 is 0 Å². The second-order valence-electron chi connectivity index (χ2n) is 8.08. The summed E-state index contributed by atoms with van der Waals surface area (Å²) in [7, 11) is 0. The van der Waals surface area contributed by atoms with Crippen molar-refractivity contribution in [2.75, 3.05) is 32.7 Å². The normalized spacial score (nSPS) is 22.8. The Kier molecular flexibility index (Phi) is 6.35. The average molecular weight is 344 g/mol. The molecule has 138 valence electrons. The first kappa shape index (κ1) is 18.2. The minimum Gasteiger partial charge on any atom is -0.334 e. The van der Waals surface area contributed by atoms with E-state index in [-0.39, 0.29) is 6.03 Å². The number of amides is 2. The Balaban J connectivity index is 1.37. The van der Waals surface area contributed by atoms with Gasteiger partial charge >= 0.3 is 6.03 Å². The van der Waals surface area contributed by atoms with Crippen molar-refractivity contribution in [1.29, 1.82) is 0 Å². The van der Waals surface area contributed by atoms with Crippen LogP contribution in [-0.4, -0.2) is 48.6 Å². The molecule has 1 aromatic carbocycles. The predicted octanol–water partition coefficient (Wildman–Crippen LogP) is 3.65. The molecule has 2 aliphatic rings. The first-order chi connectivity index (χ1) is 12.1. The quantitative estimate of drug-likeness (QED) is 0.906. The van der Waals surface area contributed by atoms with Crippen LogP contribution in [0, 0.1) is 18.8 Å². The number of nitrogens with zero attached hydrogens (tertiary/aromatic N) is 2. The van der Waals surface area contributed by atoms with Crippen LogP contribution in [0.2, 0.25) is 0 Å². The van der Waals surface area contributed by atoms with Crippen LogP contribution in [0.4, 0.5) is 4.79 Å². The Labute approximate surface area is 152 Å². The molecule has 1 aromatic rings. The highest BCUT2D eigenvalue weighted by atomic mass is 16.2. The van der Waals surface area contributed by atoms with Gasteiger partial charge in [-0.3, -0.25) is 0 Å². The molecule has 1 N–H and O–H groups in total. The highest BCUT2D eigenvalue weighted by Gasteiger charge is 2.25. The first-order valence-corrected chi connectivity index (χ1v) is 9.91. The molecular formula is C21H33N3O. The summed E-state index contributed by atoms with van der Waals surface area (Å²) in [4.78, 5) is 17.0. The van der Waals surface area contributed by atoms with E-state index < -0.39 is 0 Å². The molecule has 3 rings (SSSR count). The van der Waals surface area contributed by atoms with Gasteiger partial charge in [-0.1, -0.05) is 36.8 Å². The van der Waals surface area contributed by atoms with Crippen molar-refractivity contribution in [3.05, 3.63) is 35.4 Å². The lowest BCUT2D eigenvalue weighted by atomic mass is 9.94. The van der Waals surface area contributed by atoms with Crippen molar-refractivity contribution in [1.82, 2.24) is 15.1 Å². The topological polar surface area (TPSA) is 35.6 Å². The van der Waals surface area contributed by atoms with Crippen LogP contribution in [0.5, 0.6) is 0 Å². The van der Waals surface area contributed by atoms with Crippen molar-refractivity contribution >= 4 is 6.03 Å². The van der Waals surface area contributed by atoms with E-state index in [0.717, 1.165) is 43.3 Å². The van der Waals surface area contributed by atoms with Crippen molar-refractivity contribution in [2.45, 2.75) is 46.1 Å². The molecule has 0 aromatic heterocycles. The number of rotatable bonds is 4. The van der Waals surface area contributed by atoms with Gasteiger partial charge in [-0.25, -0.2) is 4.79 Å². The molecule has 2 amide bonds. The molecule has 4 nitrogen and oxygen atoms in total. The number of carbonyl (C=O) groups excluding carboxylic acids is 1. The average Bonchev–Trinajstić information content (AvgIpc) is 2.62. The van der Waals surface area contributed by atoms with Crippen LogP contribution in [0.25, 0.3) is 0 Å². The zero-order valence-electron chi connectivity index (χ0n) is 15.8. The SMILES string of the molecule is Cc1ccc(CNC(=O)N2CCC(CN3CCCC(C)C3)CC2)cc1. The Hall–Kier alpha value is -1.55. The van der Waals surface area contributed by atoms with Crippen LogP contribution >= 0.6 is 0 Å². The number of aryl methyl sites for hydroxylation is 1. The number of benzene rings is 1. The number of hydrogen-bond donors (Lipinski definition) is 1. The maximum Gasteiger partial charge on any atom is 0.317 e. The van der Waals surface area contributed by atoms with Crippen molar-refractivity contribution in [3.63, 3.8) is 0 Å². The molecule has 0 spiro atoms. The maximum atomic E-state index is 12.4. The van der Waals surface area contributed by atoms with E-state index in [1.165, 1.54) is 38.0 Å². The molecule has 2 fully saturated rings. The second-order valence-corrected chi connectivity index (χ2v) is 8.08. The molecule has 4 heteroatoms. The summed E-state index contributed by atoms with van der Waals surface area (Å²) in [5, 5.41) is 3.07. The fourth-order valence-corrected chi connectivity index (χ4v) is 4.13. The Morgan fingerprint density at radius 3 is 2.52 bits per heavy atom. The van der Waals surface area contributed by atoms with E-state index in [9.17, 15) is 4.79 Å². The number of nitrogens with one attached hydrogen (secondary N) is 1. The maximum absolute atomic E-state index is 12.4. The number of carbonyl (C=O) groups is 1. The van der Waals surface area contributed by atoms with Gasteiger partial charge < -0.3 is 15.1 Å². The molecule has 2 saturated heterocycles. The monoisotopic (exact) mass is 343 g/mol. The lowest BCUT2D eigenvalue weighted by Gasteiger charge is -2.37. The largest absolute Gasteiger partial charge is 0.334 e. The van der Waals surface area contributed by atoms with Gasteiger partial charge in [-0.15, -0.1) is 0 Å². The van der Waals surface area contributed by atoms with Gasteiger partial charge in [0.1, 0.15) is 0 Å². The lowest BCUT2D eigenvalue weighted by Crippen LogP contribution is -2.46. The standard InChI is InChI=1S/C21H33N3O/c1-17-5-7-19(8-6-17)14-22-21(25)24-12-9-20(10-13-24)16-23-11-3-4-18(2)15-23/h5-8,18,20H,3-4,9-16H2,1-2H3,(H,22,25). The molecule has 1 unspecified atom stereocenters. The number of urea groups is 1. The van der Waals surface area contributed by atoms with Crippen LogP contribution in [0.1, 0.15) is 43.7 Å². The number of piperidine rings is 2. The third-order valence-electron chi connectivity index (χ3n) is 5.72. The molecule has 2 aliphatic heterocycles. The Morgan fingerprint density at radius 2 is 1.84 bits per heavy atom. The van der Waals surface area contributed by atoms with E-state index in [1.54, 1.807) is 0 Å². The van der Waals surface area contributed by atoms with Crippen molar-refractivity contribution in [2.24, 2.45) is 11.8 Å². The minimum atomic E-state index is 0.0885. The number of hydrogen-bond acceptors (Lipinski definition) is 2. The zero-order valence-corrected chi connectivity index (χ0v) is 15.8. The molecule has 0 bridgehead atoms. The van der Waals surface area contributed by atoms with Gasteiger partial charge in [0.2, 0.25) is 0 Å². The molecular weight excluding hydrogens is 310 g/mol. The summed E-state index contributed by atoms with van der Waals surface area (Å²) in [6.07, 6.45) is 5.02. The predicted molar refractivity (Wildman–Crippen MR) is 103 cm³/mol. The summed E-state index contributed by atoms with van der Waals surface area (Å²) >= 11 is 0. The third-order valence-corrected chi connectivity index (χ3v) is 5.72. The molecule has 25 heavy (non-hydrogen) atoms. The number of likely N-dealkylation sites (tertiary alicyclic amines) is 2. The fraction of sp³-hybridized carbons (Fsp3) is 0.667. The fourth-order valence-electron chi connectivity index (χ4n) is 4.13.